The first-order valence-corrected chi connectivity index (χ1v) is 9.21. The Morgan fingerprint density at radius 1 is 1.10 bits per heavy atom. The number of benzene rings is 3. The van der Waals surface area contributed by atoms with Crippen LogP contribution in [0.25, 0.3) is 16.7 Å². The van der Waals surface area contributed by atoms with Crippen LogP contribution in [-0.4, -0.2) is 20.4 Å². The van der Waals surface area contributed by atoms with Crippen LogP contribution in [0.2, 0.25) is 0 Å². The van der Waals surface area contributed by atoms with E-state index in [1.54, 1.807) is 12.1 Å². The molecule has 0 spiro atoms. The quantitative estimate of drug-likeness (QED) is 0.407. The number of carbonyl (C=O) groups is 1. The van der Waals surface area contributed by atoms with Crippen LogP contribution in [0.3, 0.4) is 0 Å². The Balaban J connectivity index is 1.58. The van der Waals surface area contributed by atoms with Gasteiger partial charge in [-0.2, -0.15) is 0 Å². The number of imidazole rings is 1. The summed E-state index contributed by atoms with van der Waals surface area (Å²) in [6.45, 7) is 1.79. The van der Waals surface area contributed by atoms with Crippen LogP contribution in [-0.2, 0) is 6.54 Å². The van der Waals surface area contributed by atoms with Gasteiger partial charge >= 0.3 is 0 Å². The number of amides is 1. The second-order valence-electron chi connectivity index (χ2n) is 6.77. The second kappa shape index (κ2) is 7.67. The molecule has 8 nitrogen and oxygen atoms in total. The maximum Gasteiger partial charge on any atom is 0.269 e. The van der Waals surface area contributed by atoms with Gasteiger partial charge in [-0.25, -0.2) is 4.98 Å². The van der Waals surface area contributed by atoms with Gasteiger partial charge < -0.3 is 10.4 Å². The fourth-order valence-corrected chi connectivity index (χ4v) is 3.34. The number of rotatable bonds is 5. The summed E-state index contributed by atoms with van der Waals surface area (Å²) in [5.41, 5.74) is 2.87. The average Bonchev–Trinajstić information content (AvgIpc) is 3.08. The third-order valence-corrected chi connectivity index (χ3v) is 4.79. The fraction of sp³-hybridized carbons (Fsp3) is 0.0909. The molecule has 8 heteroatoms. The summed E-state index contributed by atoms with van der Waals surface area (Å²) in [4.78, 5) is 27.4. The summed E-state index contributed by atoms with van der Waals surface area (Å²) in [5.74, 6) is 0.0321. The standard InChI is InChI=1S/C22H18N4O4/c1-14-24-19-12-15(7-9-20(19)25(14)17-5-3-2-4-6-17)22(28)23-13-16-11-18(26(29)30)8-10-21(16)27/h2-12,27H,13H2,1H3,(H,23,28)/p-1. The molecule has 0 aliphatic heterocycles. The van der Waals surface area contributed by atoms with Crippen LogP contribution >= 0.6 is 0 Å². The third kappa shape index (κ3) is 3.58. The van der Waals surface area contributed by atoms with E-state index in [2.05, 4.69) is 10.3 Å². The van der Waals surface area contributed by atoms with E-state index >= 15 is 0 Å². The Kier molecular flexibility index (Phi) is 4.89. The molecule has 4 aromatic rings. The lowest BCUT2D eigenvalue weighted by molar-refractivity contribution is -0.385. The Bertz CT molecular complexity index is 1270. The molecule has 1 aromatic heterocycles. The van der Waals surface area contributed by atoms with Crippen LogP contribution in [0, 0.1) is 17.0 Å². The predicted octanol–water partition coefficient (Wildman–Crippen LogP) is 3.25. The number of para-hydroxylation sites is 1. The topological polar surface area (TPSA) is 113 Å². The number of nitrogens with zero attached hydrogens (tertiary/aromatic N) is 3. The molecule has 1 N–H and O–H groups in total. The molecule has 3 aromatic carbocycles. The number of non-ortho nitro benzene ring substituents is 1. The second-order valence-corrected chi connectivity index (χ2v) is 6.77. The SMILES string of the molecule is Cc1nc2cc(C(=O)NCc3cc([N+](=O)[O-])ccc3[O-])ccc2n1-c1ccccc1. The van der Waals surface area contributed by atoms with Crippen molar-refractivity contribution in [1.82, 2.24) is 14.9 Å². The molecule has 0 radical (unpaired) electrons. The van der Waals surface area contributed by atoms with E-state index in [1.165, 1.54) is 6.07 Å². The van der Waals surface area contributed by atoms with Crippen molar-refractivity contribution in [3.8, 4) is 11.4 Å². The highest BCUT2D eigenvalue weighted by Gasteiger charge is 2.13. The van der Waals surface area contributed by atoms with E-state index in [0.29, 0.717) is 11.1 Å². The maximum atomic E-state index is 12.6. The number of carbonyl (C=O) groups excluding carboxylic acids is 1. The molecule has 30 heavy (non-hydrogen) atoms. The highest BCUT2D eigenvalue weighted by Crippen LogP contribution is 2.23. The first kappa shape index (κ1) is 19.1. The molecule has 0 aliphatic carbocycles. The summed E-state index contributed by atoms with van der Waals surface area (Å²) >= 11 is 0. The number of hydrogen-bond donors (Lipinski definition) is 1. The van der Waals surface area contributed by atoms with Crippen LogP contribution in [0.4, 0.5) is 5.69 Å². The Labute approximate surface area is 171 Å². The maximum absolute atomic E-state index is 12.6. The van der Waals surface area contributed by atoms with E-state index < -0.39 is 10.8 Å². The van der Waals surface area contributed by atoms with E-state index in [1.807, 2.05) is 47.9 Å². The predicted molar refractivity (Wildman–Crippen MR) is 110 cm³/mol. The number of nitrogens with one attached hydrogen (secondary N) is 1. The van der Waals surface area contributed by atoms with E-state index in [0.717, 1.165) is 29.2 Å². The van der Waals surface area contributed by atoms with Crippen LogP contribution in [0.15, 0.2) is 66.7 Å². The number of aryl methyl sites for hydroxylation is 1. The van der Waals surface area contributed by atoms with Gasteiger partial charge in [0.25, 0.3) is 11.6 Å². The lowest BCUT2D eigenvalue weighted by Crippen LogP contribution is -2.23. The summed E-state index contributed by atoms with van der Waals surface area (Å²) in [6, 6.07) is 18.4. The van der Waals surface area contributed by atoms with Crippen LogP contribution < -0.4 is 10.4 Å². The first-order valence-electron chi connectivity index (χ1n) is 9.21. The number of aromatic nitrogens is 2. The molecule has 0 aliphatic rings. The van der Waals surface area contributed by atoms with Gasteiger partial charge in [0.2, 0.25) is 0 Å². The summed E-state index contributed by atoms with van der Waals surface area (Å²) in [7, 11) is 0. The molecule has 0 unspecified atom stereocenters. The van der Waals surface area contributed by atoms with Gasteiger partial charge in [-0.3, -0.25) is 19.5 Å². The highest BCUT2D eigenvalue weighted by atomic mass is 16.6. The minimum Gasteiger partial charge on any atom is -0.872 e. The highest BCUT2D eigenvalue weighted by molar-refractivity contribution is 5.97. The molecule has 0 saturated heterocycles. The van der Waals surface area contributed by atoms with Crippen molar-refractivity contribution in [2.24, 2.45) is 0 Å². The molecule has 0 bridgehead atoms. The zero-order valence-electron chi connectivity index (χ0n) is 16.0. The monoisotopic (exact) mass is 401 g/mol. The van der Waals surface area contributed by atoms with Gasteiger partial charge in [-0.15, -0.1) is 5.75 Å². The summed E-state index contributed by atoms with van der Waals surface area (Å²) in [5, 5.41) is 25.4. The zero-order chi connectivity index (χ0) is 21.3. The third-order valence-electron chi connectivity index (χ3n) is 4.79. The minimum absolute atomic E-state index is 0.102. The molecule has 4 rings (SSSR count). The molecule has 1 amide bonds. The van der Waals surface area contributed by atoms with Crippen molar-refractivity contribution in [3.05, 3.63) is 93.8 Å². The minimum atomic E-state index is -0.579. The number of nitro benzene ring substituents is 1. The summed E-state index contributed by atoms with van der Waals surface area (Å²) in [6.07, 6.45) is 0. The van der Waals surface area contributed by atoms with Gasteiger partial charge in [-0.1, -0.05) is 24.3 Å². The Morgan fingerprint density at radius 3 is 2.60 bits per heavy atom. The number of nitro groups is 1. The van der Waals surface area contributed by atoms with E-state index in [-0.39, 0.29) is 23.5 Å². The zero-order valence-corrected chi connectivity index (χ0v) is 16.0. The molecular formula is C22H17N4O4-. The van der Waals surface area contributed by atoms with Crippen molar-refractivity contribution >= 4 is 22.6 Å². The molecule has 0 fully saturated rings. The van der Waals surface area contributed by atoms with E-state index in [9.17, 15) is 20.0 Å². The summed E-state index contributed by atoms with van der Waals surface area (Å²) < 4.78 is 2.00. The van der Waals surface area contributed by atoms with E-state index in [4.69, 9.17) is 0 Å². The lowest BCUT2D eigenvalue weighted by atomic mass is 10.1. The van der Waals surface area contributed by atoms with Crippen molar-refractivity contribution in [2.45, 2.75) is 13.5 Å². The van der Waals surface area contributed by atoms with Gasteiger partial charge in [0.15, 0.2) is 0 Å². The first-order chi connectivity index (χ1) is 14.4. The molecule has 0 saturated carbocycles. The Morgan fingerprint density at radius 2 is 1.87 bits per heavy atom. The van der Waals surface area contributed by atoms with Crippen LogP contribution in [0.1, 0.15) is 21.7 Å². The van der Waals surface area contributed by atoms with Gasteiger partial charge in [0, 0.05) is 29.9 Å². The van der Waals surface area contributed by atoms with Gasteiger partial charge in [0.05, 0.1) is 16.0 Å². The van der Waals surface area contributed by atoms with Crippen molar-refractivity contribution in [2.75, 3.05) is 0 Å². The average molecular weight is 401 g/mol. The normalized spacial score (nSPS) is 10.8. The van der Waals surface area contributed by atoms with Gasteiger partial charge in [0.1, 0.15) is 5.82 Å². The van der Waals surface area contributed by atoms with Crippen molar-refractivity contribution in [1.29, 1.82) is 0 Å². The fourth-order valence-electron chi connectivity index (χ4n) is 3.34. The largest absolute Gasteiger partial charge is 0.872 e. The number of hydrogen-bond acceptors (Lipinski definition) is 5. The van der Waals surface area contributed by atoms with Crippen LogP contribution in [0.5, 0.6) is 5.75 Å². The molecule has 0 atom stereocenters. The lowest BCUT2D eigenvalue weighted by Gasteiger charge is -2.13. The van der Waals surface area contributed by atoms with Gasteiger partial charge in [-0.05, 0) is 42.8 Å². The number of fused-ring (bicyclic) bond motifs is 1. The van der Waals surface area contributed by atoms with Crippen molar-refractivity contribution < 1.29 is 14.8 Å². The smallest absolute Gasteiger partial charge is 0.269 e. The molecular weight excluding hydrogens is 384 g/mol. The Hall–Kier alpha value is -4.20. The van der Waals surface area contributed by atoms with Crippen molar-refractivity contribution in [3.63, 3.8) is 0 Å². The molecule has 150 valence electrons. The molecule has 1 heterocycles.